The summed E-state index contributed by atoms with van der Waals surface area (Å²) in [5.41, 5.74) is -2.74. The molecule has 0 saturated heterocycles. The Labute approximate surface area is 120 Å². The van der Waals surface area contributed by atoms with E-state index in [4.69, 9.17) is 28.3 Å². The molecule has 0 fully saturated rings. The zero-order valence-corrected chi connectivity index (χ0v) is 11.0. The van der Waals surface area contributed by atoms with E-state index < -0.39 is 23.5 Å². The summed E-state index contributed by atoms with van der Waals surface area (Å²) in [6, 6.07) is 4.13. The number of para-hydroxylation sites is 1. The Kier molecular flexibility index (Phi) is 3.66. The van der Waals surface area contributed by atoms with E-state index in [2.05, 4.69) is 4.98 Å². The average molecular weight is 325 g/mol. The predicted octanol–water partition coefficient (Wildman–Crippen LogP) is 3.90. The molecule has 0 aliphatic heterocycles. The third kappa shape index (κ3) is 2.46. The zero-order valence-electron chi connectivity index (χ0n) is 9.45. The number of nitrogens with zero attached hydrogens (tertiary/aromatic N) is 2. The molecule has 1 aromatic carbocycles. The van der Waals surface area contributed by atoms with Crippen LogP contribution >= 0.6 is 23.2 Å². The van der Waals surface area contributed by atoms with Gasteiger partial charge >= 0.3 is 12.1 Å². The van der Waals surface area contributed by atoms with Crippen LogP contribution in [0, 0.1) is 0 Å². The van der Waals surface area contributed by atoms with Gasteiger partial charge in [-0.15, -0.1) is 0 Å². The van der Waals surface area contributed by atoms with E-state index in [-0.39, 0.29) is 15.7 Å². The van der Waals surface area contributed by atoms with Crippen LogP contribution in [0.3, 0.4) is 0 Å². The Morgan fingerprint density at radius 1 is 1.25 bits per heavy atom. The van der Waals surface area contributed by atoms with Crippen LogP contribution in [0.15, 0.2) is 24.5 Å². The smallest absolute Gasteiger partial charge is 0.434 e. The molecule has 0 aliphatic rings. The maximum absolute atomic E-state index is 13.0. The summed E-state index contributed by atoms with van der Waals surface area (Å²) in [7, 11) is 0. The number of aromatic carboxylic acids is 1. The summed E-state index contributed by atoms with van der Waals surface area (Å²) in [4.78, 5) is 14.1. The Morgan fingerprint density at radius 3 is 2.25 bits per heavy atom. The Balaban J connectivity index is 2.80. The fraction of sp³-hybridized carbons (Fsp3) is 0.0909. The molecule has 2 aromatic rings. The summed E-state index contributed by atoms with van der Waals surface area (Å²) in [5.74, 6) is -1.79. The highest BCUT2D eigenvalue weighted by atomic mass is 35.5. The van der Waals surface area contributed by atoms with E-state index >= 15 is 0 Å². The van der Waals surface area contributed by atoms with Crippen LogP contribution in [0.4, 0.5) is 13.2 Å². The number of imidazole rings is 1. The molecule has 0 radical (unpaired) electrons. The summed E-state index contributed by atoms with van der Waals surface area (Å²) < 4.78 is 39.6. The number of carboxylic acid groups (broad SMARTS) is 1. The molecule has 0 amide bonds. The minimum absolute atomic E-state index is 0.0580. The Hall–Kier alpha value is -1.73. The Bertz CT molecular complexity index is 663. The normalized spacial score (nSPS) is 11.7. The van der Waals surface area contributed by atoms with E-state index in [9.17, 15) is 18.0 Å². The average Bonchev–Trinajstić information content (AvgIpc) is 2.73. The van der Waals surface area contributed by atoms with E-state index in [0.717, 1.165) is 6.33 Å². The molecule has 1 aromatic heterocycles. The van der Waals surface area contributed by atoms with Gasteiger partial charge in [-0.05, 0) is 12.1 Å². The van der Waals surface area contributed by atoms with Gasteiger partial charge in [0, 0.05) is 0 Å². The van der Waals surface area contributed by atoms with E-state index in [1.807, 2.05) is 0 Å². The molecule has 0 atom stereocenters. The second-order valence-electron chi connectivity index (χ2n) is 3.68. The van der Waals surface area contributed by atoms with Gasteiger partial charge in [-0.1, -0.05) is 29.3 Å². The van der Waals surface area contributed by atoms with Gasteiger partial charge in [0.2, 0.25) is 0 Å². The van der Waals surface area contributed by atoms with Crippen molar-refractivity contribution in [3.05, 3.63) is 46.0 Å². The number of carboxylic acids is 1. The lowest BCUT2D eigenvalue weighted by Crippen LogP contribution is -2.17. The first-order valence-corrected chi connectivity index (χ1v) is 5.81. The number of aromatic nitrogens is 2. The molecule has 1 heterocycles. The molecule has 9 heteroatoms. The van der Waals surface area contributed by atoms with Crippen LogP contribution in [0.5, 0.6) is 0 Å². The fourth-order valence-corrected chi connectivity index (χ4v) is 2.24. The highest BCUT2D eigenvalue weighted by Crippen LogP contribution is 2.37. The Morgan fingerprint density at radius 2 is 1.80 bits per heavy atom. The molecule has 0 aliphatic carbocycles. The molecule has 0 bridgehead atoms. The molecule has 0 spiro atoms. The van der Waals surface area contributed by atoms with Crippen LogP contribution in [0.25, 0.3) is 5.69 Å². The van der Waals surface area contributed by atoms with Crippen LogP contribution in [0.1, 0.15) is 16.2 Å². The molecule has 0 unspecified atom stereocenters. The van der Waals surface area contributed by atoms with Crippen molar-refractivity contribution < 1.29 is 23.1 Å². The number of hydrogen-bond acceptors (Lipinski definition) is 2. The third-order valence-electron chi connectivity index (χ3n) is 2.42. The maximum atomic E-state index is 13.0. The number of alkyl halides is 3. The van der Waals surface area contributed by atoms with Gasteiger partial charge in [-0.3, -0.25) is 4.57 Å². The summed E-state index contributed by atoms with van der Waals surface area (Å²) in [6.07, 6.45) is -4.20. The molecule has 2 rings (SSSR count). The lowest BCUT2D eigenvalue weighted by atomic mass is 10.2. The molecule has 20 heavy (non-hydrogen) atoms. The molecule has 106 valence electrons. The number of hydrogen-bond donors (Lipinski definition) is 1. The largest absolute Gasteiger partial charge is 0.476 e. The first-order chi connectivity index (χ1) is 9.23. The number of rotatable bonds is 2. The molecule has 1 N–H and O–H groups in total. The van der Waals surface area contributed by atoms with Gasteiger partial charge in [0.05, 0.1) is 15.7 Å². The number of halogens is 5. The van der Waals surface area contributed by atoms with Crippen LogP contribution < -0.4 is 0 Å². The van der Waals surface area contributed by atoms with E-state index in [1.54, 1.807) is 0 Å². The van der Waals surface area contributed by atoms with Crippen LogP contribution in [0.2, 0.25) is 10.0 Å². The first kappa shape index (κ1) is 14.7. The molecular formula is C11H5Cl2F3N2O2. The van der Waals surface area contributed by atoms with Crippen molar-refractivity contribution in [2.45, 2.75) is 6.18 Å². The maximum Gasteiger partial charge on any atom is 0.434 e. The number of carbonyl (C=O) groups is 1. The van der Waals surface area contributed by atoms with Gasteiger partial charge in [-0.25, -0.2) is 9.78 Å². The quantitative estimate of drug-likeness (QED) is 0.911. The minimum atomic E-state index is -4.92. The van der Waals surface area contributed by atoms with E-state index in [1.165, 1.54) is 18.2 Å². The predicted molar refractivity (Wildman–Crippen MR) is 65.5 cm³/mol. The second-order valence-corrected chi connectivity index (χ2v) is 4.50. The minimum Gasteiger partial charge on any atom is -0.476 e. The fourth-order valence-electron chi connectivity index (χ4n) is 1.66. The highest BCUT2D eigenvalue weighted by molar-refractivity contribution is 6.37. The summed E-state index contributed by atoms with van der Waals surface area (Å²) in [5, 5.41) is 8.67. The molecule has 0 saturated carbocycles. The topological polar surface area (TPSA) is 55.1 Å². The third-order valence-corrected chi connectivity index (χ3v) is 3.03. The van der Waals surface area contributed by atoms with Gasteiger partial charge in [0.25, 0.3) is 0 Å². The lowest BCUT2D eigenvalue weighted by molar-refractivity contribution is -0.142. The SMILES string of the molecule is O=C(O)c1ncn(-c2c(Cl)cccc2Cl)c1C(F)(F)F. The lowest BCUT2D eigenvalue weighted by Gasteiger charge is -2.14. The van der Waals surface area contributed by atoms with Crippen molar-refractivity contribution in [1.82, 2.24) is 9.55 Å². The van der Waals surface area contributed by atoms with E-state index in [0.29, 0.717) is 4.57 Å². The van der Waals surface area contributed by atoms with Gasteiger partial charge in [0.15, 0.2) is 11.4 Å². The highest BCUT2D eigenvalue weighted by Gasteiger charge is 2.41. The van der Waals surface area contributed by atoms with Crippen molar-refractivity contribution in [2.75, 3.05) is 0 Å². The van der Waals surface area contributed by atoms with Crippen LogP contribution in [-0.2, 0) is 6.18 Å². The van der Waals surface area contributed by atoms with Crippen molar-refractivity contribution in [3.63, 3.8) is 0 Å². The number of benzene rings is 1. The summed E-state index contributed by atoms with van der Waals surface area (Å²) >= 11 is 11.7. The van der Waals surface area contributed by atoms with Gasteiger partial charge in [0.1, 0.15) is 6.33 Å². The van der Waals surface area contributed by atoms with Crippen molar-refractivity contribution >= 4 is 29.2 Å². The molecular weight excluding hydrogens is 320 g/mol. The van der Waals surface area contributed by atoms with Crippen molar-refractivity contribution in [3.8, 4) is 5.69 Å². The van der Waals surface area contributed by atoms with Crippen molar-refractivity contribution in [1.29, 1.82) is 0 Å². The standard InChI is InChI=1S/C11H5Cl2F3N2O2/c12-5-2-1-3-6(13)8(5)18-4-17-7(10(19)20)9(18)11(14,15)16/h1-4H,(H,19,20). The first-order valence-electron chi connectivity index (χ1n) is 5.05. The van der Waals surface area contributed by atoms with Crippen LogP contribution in [-0.4, -0.2) is 20.6 Å². The summed E-state index contributed by atoms with van der Waals surface area (Å²) in [6.45, 7) is 0. The van der Waals surface area contributed by atoms with Gasteiger partial charge < -0.3 is 5.11 Å². The zero-order chi connectivity index (χ0) is 15.1. The molecule has 4 nitrogen and oxygen atoms in total. The monoisotopic (exact) mass is 324 g/mol. The van der Waals surface area contributed by atoms with Crippen molar-refractivity contribution in [2.24, 2.45) is 0 Å². The van der Waals surface area contributed by atoms with Gasteiger partial charge in [-0.2, -0.15) is 13.2 Å². The second kappa shape index (κ2) is 4.99.